The molecule has 0 amide bonds. The van der Waals surface area contributed by atoms with Crippen molar-refractivity contribution in [2.45, 2.75) is 5.91 Å². The van der Waals surface area contributed by atoms with Gasteiger partial charge in [-0.3, -0.25) is 0 Å². The fourth-order valence-electron chi connectivity index (χ4n) is 11.7. The number of hydrogen-bond donors (Lipinski definition) is 0. The maximum atomic E-state index is 5.79. The first-order valence-corrected chi connectivity index (χ1v) is 19.9. The standard InChI is InChI=1S/C51H28N6/c1-2-10-28-18-36-35(17-27(28)9-1)43-25-45-37-19-29-11-3-5-13-31(29)21-39(37)47-52-49-41-23-33-15-7-8-16-34(33)24-42(41)50-53-48-40-22-32-14-6-4-12-30(32)20-38(40)46-26-44(36)54(43)51(55(45)47,56(46)48)57(49)50/h1-26,35-36H/q+2. The Balaban J connectivity index is 1.14. The van der Waals surface area contributed by atoms with Crippen molar-refractivity contribution in [2.24, 2.45) is 21.8 Å². The Bertz CT molecular complexity index is 3530. The van der Waals surface area contributed by atoms with Crippen LogP contribution in [-0.2, 0) is 5.91 Å². The minimum absolute atomic E-state index is 0.153. The summed E-state index contributed by atoms with van der Waals surface area (Å²) < 4.78 is 7.66. The summed E-state index contributed by atoms with van der Waals surface area (Å²) in [6.07, 6.45) is 10.0. The van der Waals surface area contributed by atoms with E-state index in [1.165, 1.54) is 87.8 Å². The van der Waals surface area contributed by atoms with Crippen molar-refractivity contribution in [3.05, 3.63) is 190 Å². The van der Waals surface area contributed by atoms with Gasteiger partial charge >= 0.3 is 17.6 Å². The predicted molar refractivity (Wildman–Crippen MR) is 226 cm³/mol. The highest BCUT2D eigenvalue weighted by Gasteiger charge is 2.75. The number of amidine groups is 2. The molecular formula is C51H28N6+2. The molecule has 2 unspecified atom stereocenters. The zero-order valence-corrected chi connectivity index (χ0v) is 30.3. The van der Waals surface area contributed by atoms with Gasteiger partial charge in [0, 0.05) is 46.5 Å². The average Bonchev–Trinajstić information content (AvgIpc) is 3.95. The van der Waals surface area contributed by atoms with Crippen molar-refractivity contribution in [3.63, 3.8) is 0 Å². The molecule has 8 heterocycles. The van der Waals surface area contributed by atoms with Gasteiger partial charge in [0.05, 0.1) is 21.9 Å². The van der Waals surface area contributed by atoms with Gasteiger partial charge in [0.25, 0.3) is 11.6 Å². The second kappa shape index (κ2) is 8.99. The Kier molecular flexibility index (Phi) is 4.42. The van der Waals surface area contributed by atoms with E-state index in [1.54, 1.807) is 0 Å². The molecule has 6 nitrogen and oxygen atoms in total. The molecule has 1 fully saturated rings. The molecule has 6 heteroatoms. The second-order valence-corrected chi connectivity index (χ2v) is 16.6. The Morgan fingerprint density at radius 3 is 1.28 bits per heavy atom. The average molecular weight is 725 g/mol. The van der Waals surface area contributed by atoms with E-state index < -0.39 is 5.91 Å². The molecule has 57 heavy (non-hydrogen) atoms. The fraction of sp³-hybridized carbons (Fsp3) is 0.0588. The molecule has 0 bridgehead atoms. The van der Waals surface area contributed by atoms with E-state index in [-0.39, 0.29) is 11.8 Å². The minimum atomic E-state index is -0.898. The number of nitrogens with zero attached hydrogens (tertiary/aromatic N) is 6. The lowest BCUT2D eigenvalue weighted by atomic mass is 9.85. The molecule has 1 aliphatic carbocycles. The maximum Gasteiger partial charge on any atom is 0.441 e. The van der Waals surface area contributed by atoms with E-state index in [1.807, 2.05) is 0 Å². The molecule has 1 saturated heterocycles. The summed E-state index contributed by atoms with van der Waals surface area (Å²) in [7, 11) is 0. The Morgan fingerprint density at radius 2 is 0.842 bits per heavy atom. The smallest absolute Gasteiger partial charge is 0.248 e. The van der Waals surface area contributed by atoms with Crippen LogP contribution in [0.4, 0.5) is 11.6 Å². The SMILES string of the molecule is C1=C2C3C=c4ccccc4=CC3C3=CC4=[N+]5C(=Nc6c7cc8ccccc8cc7c7n6C5(N23)[N+]2=C1c1cc3ccccc3cc1C2=N7)c1cc2ccccc2cc14. The first kappa shape index (κ1) is 28.0. The number of aliphatic imine (C=N–C) groups is 2. The molecule has 8 aromatic rings. The Morgan fingerprint density at radius 1 is 0.456 bits per heavy atom. The van der Waals surface area contributed by atoms with Crippen molar-refractivity contribution in [2.75, 3.05) is 0 Å². The first-order valence-electron chi connectivity index (χ1n) is 19.9. The summed E-state index contributed by atoms with van der Waals surface area (Å²) in [5, 5.41) is 12.2. The number of benzene rings is 7. The topological polar surface area (TPSA) is 38.9 Å². The summed E-state index contributed by atoms with van der Waals surface area (Å²) in [4.78, 5) is 14.3. The van der Waals surface area contributed by atoms with Crippen molar-refractivity contribution < 1.29 is 9.15 Å². The molecule has 0 N–H and O–H groups in total. The highest BCUT2D eigenvalue weighted by molar-refractivity contribution is 6.26. The van der Waals surface area contributed by atoms with Crippen LogP contribution in [0.15, 0.2) is 167 Å². The molecule has 16 rings (SSSR count). The third kappa shape index (κ3) is 2.96. The summed E-state index contributed by atoms with van der Waals surface area (Å²) in [6.45, 7) is 0. The number of allylic oxidation sites excluding steroid dienone is 4. The van der Waals surface area contributed by atoms with E-state index in [0.717, 1.165) is 34.1 Å². The molecular weight excluding hydrogens is 697 g/mol. The van der Waals surface area contributed by atoms with Crippen LogP contribution >= 0.6 is 0 Å². The zero-order chi connectivity index (χ0) is 36.5. The van der Waals surface area contributed by atoms with Crippen molar-refractivity contribution in [3.8, 4) is 0 Å². The van der Waals surface area contributed by atoms with Gasteiger partial charge in [-0.1, -0.05) is 109 Å². The van der Waals surface area contributed by atoms with Gasteiger partial charge in [0.2, 0.25) is 0 Å². The molecule has 0 radical (unpaired) electrons. The zero-order valence-electron chi connectivity index (χ0n) is 30.3. The second-order valence-electron chi connectivity index (χ2n) is 16.6. The van der Waals surface area contributed by atoms with Gasteiger partial charge in [-0.25, -0.2) is 4.90 Å². The van der Waals surface area contributed by atoms with Gasteiger partial charge in [0.15, 0.2) is 0 Å². The van der Waals surface area contributed by atoms with E-state index in [2.05, 4.69) is 176 Å². The minimum Gasteiger partial charge on any atom is -0.248 e. The molecule has 7 aromatic carbocycles. The summed E-state index contributed by atoms with van der Waals surface area (Å²) in [5.74, 6) is 3.29. The lowest BCUT2D eigenvalue weighted by molar-refractivity contribution is -0.808. The molecule has 1 aromatic heterocycles. The van der Waals surface area contributed by atoms with Crippen molar-refractivity contribution in [1.82, 2.24) is 9.47 Å². The number of aromatic nitrogens is 1. The summed E-state index contributed by atoms with van der Waals surface area (Å²) >= 11 is 0. The Hall–Kier alpha value is -7.44. The van der Waals surface area contributed by atoms with Crippen LogP contribution in [0.1, 0.15) is 22.3 Å². The third-order valence-electron chi connectivity index (χ3n) is 14.0. The van der Waals surface area contributed by atoms with Gasteiger partial charge in [-0.2, -0.15) is 4.57 Å². The van der Waals surface area contributed by atoms with Gasteiger partial charge in [0.1, 0.15) is 11.4 Å². The van der Waals surface area contributed by atoms with Gasteiger partial charge in [-0.15, -0.1) is 9.15 Å². The van der Waals surface area contributed by atoms with Crippen LogP contribution in [0.5, 0.6) is 0 Å². The van der Waals surface area contributed by atoms with Gasteiger partial charge < -0.3 is 0 Å². The van der Waals surface area contributed by atoms with E-state index in [0.29, 0.717) is 0 Å². The molecule has 0 saturated carbocycles. The lowest BCUT2D eigenvalue weighted by Crippen LogP contribution is -2.70. The van der Waals surface area contributed by atoms with Crippen LogP contribution in [0.2, 0.25) is 0 Å². The van der Waals surface area contributed by atoms with E-state index in [4.69, 9.17) is 9.98 Å². The van der Waals surface area contributed by atoms with E-state index >= 15 is 0 Å². The molecule has 260 valence electrons. The Labute approximate surface area is 324 Å². The number of rotatable bonds is 0. The normalized spacial score (nSPS) is 23.0. The molecule has 7 aliphatic heterocycles. The van der Waals surface area contributed by atoms with Crippen molar-refractivity contribution in [1.29, 1.82) is 0 Å². The van der Waals surface area contributed by atoms with Gasteiger partial charge in [-0.05, 0) is 89.1 Å². The van der Waals surface area contributed by atoms with Crippen LogP contribution in [0.25, 0.3) is 55.2 Å². The highest BCUT2D eigenvalue weighted by atomic mass is 15.7. The van der Waals surface area contributed by atoms with Crippen LogP contribution in [0, 0.1) is 11.8 Å². The highest BCUT2D eigenvalue weighted by Crippen LogP contribution is 2.61. The molecule has 8 aliphatic rings. The molecule has 2 atom stereocenters. The number of fused-ring (bicyclic) bond motifs is 16. The summed E-state index contributed by atoms with van der Waals surface area (Å²) in [5.41, 5.74) is 9.80. The van der Waals surface area contributed by atoms with Crippen molar-refractivity contribution >= 4 is 90.0 Å². The predicted octanol–water partition coefficient (Wildman–Crippen LogP) is 8.10. The quantitative estimate of drug-likeness (QED) is 0.146. The largest absolute Gasteiger partial charge is 0.441 e. The van der Waals surface area contributed by atoms with E-state index in [9.17, 15) is 0 Å². The van der Waals surface area contributed by atoms with Crippen LogP contribution in [0.3, 0.4) is 0 Å². The summed E-state index contributed by atoms with van der Waals surface area (Å²) in [6, 6.07) is 49.3. The fourth-order valence-corrected chi connectivity index (χ4v) is 11.7. The third-order valence-corrected chi connectivity index (χ3v) is 14.0. The molecule has 1 spiro atoms. The first-order chi connectivity index (χ1) is 28.2. The number of hydrogen-bond acceptors (Lipinski definition) is 3. The lowest BCUT2D eigenvalue weighted by Gasteiger charge is -2.46. The monoisotopic (exact) mass is 724 g/mol. The maximum absolute atomic E-state index is 5.79. The van der Waals surface area contributed by atoms with Crippen LogP contribution in [-0.4, -0.2) is 41.7 Å². The van der Waals surface area contributed by atoms with Crippen LogP contribution < -0.4 is 10.4 Å².